The maximum atomic E-state index is 9.60. The molecule has 0 bridgehead atoms. The number of benzene rings is 3. The molecule has 0 spiro atoms. The molecular weight excluding hydrogens is 328 g/mol. The van der Waals surface area contributed by atoms with Gasteiger partial charge in [0.25, 0.3) is 0 Å². The zero-order valence-corrected chi connectivity index (χ0v) is 14.6. The normalized spacial score (nSPS) is 11.4. The Kier molecular flexibility index (Phi) is 4.80. The van der Waals surface area contributed by atoms with E-state index in [1.165, 1.54) is 0 Å². The van der Waals surface area contributed by atoms with Gasteiger partial charge in [0.2, 0.25) is 0 Å². The van der Waals surface area contributed by atoms with Crippen molar-refractivity contribution < 1.29 is 15.1 Å². The molecule has 0 aliphatic rings. The van der Waals surface area contributed by atoms with Crippen LogP contribution in [0.25, 0.3) is 22.3 Å². The molecule has 3 aromatic rings. The van der Waals surface area contributed by atoms with Gasteiger partial charge >= 0.3 is 0 Å². The average molecular weight is 348 g/mol. The summed E-state index contributed by atoms with van der Waals surface area (Å²) in [5.41, 5.74) is 11.0. The summed E-state index contributed by atoms with van der Waals surface area (Å²) < 4.78 is 5.55. The molecule has 3 aromatic carbocycles. The Balaban J connectivity index is 2.38. The topological polar surface area (TPSA) is 88.1 Å². The van der Waals surface area contributed by atoms with Gasteiger partial charge in [-0.25, -0.2) is 0 Å². The van der Waals surface area contributed by atoms with Crippen molar-refractivity contribution in [2.24, 2.45) is 10.9 Å². The third-order valence-corrected chi connectivity index (χ3v) is 4.25. The molecular formula is C21H20N2O3. The number of hydrogen-bond acceptors (Lipinski definition) is 4. The third-order valence-electron chi connectivity index (χ3n) is 4.25. The second-order valence-corrected chi connectivity index (χ2v) is 5.96. The summed E-state index contributed by atoms with van der Waals surface area (Å²) in [5, 5.41) is 22.0. The number of phenols is 1. The Labute approximate surface area is 152 Å². The summed E-state index contributed by atoms with van der Waals surface area (Å²) in [6.45, 7) is 2.00. The molecule has 3 rings (SSSR count). The first-order valence-electron chi connectivity index (χ1n) is 8.10. The van der Waals surface area contributed by atoms with E-state index in [-0.39, 0.29) is 11.6 Å². The van der Waals surface area contributed by atoms with Gasteiger partial charge in [-0.1, -0.05) is 47.1 Å². The maximum absolute atomic E-state index is 9.60. The summed E-state index contributed by atoms with van der Waals surface area (Å²) >= 11 is 0. The molecule has 0 saturated carbocycles. The van der Waals surface area contributed by atoms with E-state index in [1.807, 2.05) is 49.4 Å². The first-order chi connectivity index (χ1) is 12.5. The number of rotatable bonds is 4. The minimum Gasteiger partial charge on any atom is -0.508 e. The fraction of sp³-hybridized carbons (Fsp3) is 0.0952. The summed E-state index contributed by atoms with van der Waals surface area (Å²) in [6, 6.07) is 18.4. The molecule has 0 atom stereocenters. The molecule has 5 heteroatoms. The second kappa shape index (κ2) is 7.19. The van der Waals surface area contributed by atoms with Crippen LogP contribution in [-0.2, 0) is 0 Å². The number of hydrogen-bond donors (Lipinski definition) is 3. The number of amidine groups is 1. The lowest BCUT2D eigenvalue weighted by molar-refractivity contribution is 0.318. The number of nitrogens with two attached hydrogens (primary N) is 1. The van der Waals surface area contributed by atoms with Crippen molar-refractivity contribution in [2.45, 2.75) is 6.92 Å². The van der Waals surface area contributed by atoms with Crippen LogP contribution >= 0.6 is 0 Å². The smallest absolute Gasteiger partial charge is 0.170 e. The zero-order valence-electron chi connectivity index (χ0n) is 14.6. The van der Waals surface area contributed by atoms with Gasteiger partial charge in [0, 0.05) is 16.7 Å². The molecule has 0 aromatic heterocycles. The van der Waals surface area contributed by atoms with Crippen LogP contribution in [0.4, 0.5) is 0 Å². The number of methoxy groups -OCH3 is 1. The fourth-order valence-electron chi connectivity index (χ4n) is 3.01. The second-order valence-electron chi connectivity index (χ2n) is 5.96. The average Bonchev–Trinajstić information content (AvgIpc) is 2.67. The van der Waals surface area contributed by atoms with Crippen LogP contribution in [0.3, 0.4) is 0 Å². The SMILES string of the molecule is COc1ccc(C)cc1-c1c(C(N)=NO)cccc1-c1ccc(O)cc1. The molecule has 4 N–H and O–H groups in total. The van der Waals surface area contributed by atoms with Gasteiger partial charge < -0.3 is 20.8 Å². The summed E-state index contributed by atoms with van der Waals surface area (Å²) in [6.07, 6.45) is 0. The highest BCUT2D eigenvalue weighted by atomic mass is 16.5. The molecule has 0 aliphatic heterocycles. The molecule has 5 nitrogen and oxygen atoms in total. The van der Waals surface area contributed by atoms with Crippen molar-refractivity contribution in [1.29, 1.82) is 0 Å². The monoisotopic (exact) mass is 348 g/mol. The van der Waals surface area contributed by atoms with E-state index >= 15 is 0 Å². The van der Waals surface area contributed by atoms with Crippen molar-refractivity contribution in [3.05, 3.63) is 71.8 Å². The number of oxime groups is 1. The maximum Gasteiger partial charge on any atom is 0.170 e. The van der Waals surface area contributed by atoms with E-state index in [2.05, 4.69) is 5.16 Å². The molecule has 0 saturated heterocycles. The van der Waals surface area contributed by atoms with Gasteiger partial charge in [-0.2, -0.15) is 0 Å². The minimum absolute atomic E-state index is 0.0178. The van der Waals surface area contributed by atoms with Crippen LogP contribution in [0, 0.1) is 6.92 Å². The van der Waals surface area contributed by atoms with Gasteiger partial charge in [0.15, 0.2) is 5.84 Å². The molecule has 26 heavy (non-hydrogen) atoms. The number of ether oxygens (including phenoxy) is 1. The largest absolute Gasteiger partial charge is 0.508 e. The minimum atomic E-state index is 0.0178. The van der Waals surface area contributed by atoms with Crippen LogP contribution in [0.1, 0.15) is 11.1 Å². The van der Waals surface area contributed by atoms with E-state index < -0.39 is 0 Å². The Morgan fingerprint density at radius 2 is 1.73 bits per heavy atom. The lowest BCUT2D eigenvalue weighted by atomic mass is 9.89. The highest BCUT2D eigenvalue weighted by Crippen LogP contribution is 2.40. The third kappa shape index (κ3) is 3.19. The van der Waals surface area contributed by atoms with Crippen LogP contribution in [0.15, 0.2) is 65.8 Å². The predicted molar refractivity (Wildman–Crippen MR) is 103 cm³/mol. The Bertz CT molecular complexity index is 963. The van der Waals surface area contributed by atoms with Crippen LogP contribution in [-0.4, -0.2) is 23.3 Å². The molecule has 0 radical (unpaired) electrons. The highest BCUT2D eigenvalue weighted by Gasteiger charge is 2.18. The van der Waals surface area contributed by atoms with Gasteiger partial charge in [0.1, 0.15) is 11.5 Å². The van der Waals surface area contributed by atoms with Crippen molar-refractivity contribution in [3.8, 4) is 33.8 Å². The lowest BCUT2D eigenvalue weighted by Gasteiger charge is -2.18. The quantitative estimate of drug-likeness (QED) is 0.286. The number of nitrogens with zero attached hydrogens (tertiary/aromatic N) is 1. The van der Waals surface area contributed by atoms with Crippen LogP contribution in [0.2, 0.25) is 0 Å². The van der Waals surface area contributed by atoms with Crippen molar-refractivity contribution in [1.82, 2.24) is 0 Å². The standard InChI is InChI=1S/C21H20N2O3/c1-13-6-11-19(26-2)18(12-13)20-16(14-7-9-15(24)10-8-14)4-3-5-17(20)21(22)23-25/h3-12,24-25H,1-2H3,(H2,22,23). The Morgan fingerprint density at radius 3 is 2.38 bits per heavy atom. The summed E-state index contributed by atoms with van der Waals surface area (Å²) in [7, 11) is 1.61. The number of phenolic OH excluding ortho intramolecular Hbond substituents is 1. The molecule has 132 valence electrons. The van der Waals surface area contributed by atoms with Crippen LogP contribution in [0.5, 0.6) is 11.5 Å². The number of aryl methyl sites for hydroxylation is 1. The van der Waals surface area contributed by atoms with E-state index in [4.69, 9.17) is 10.5 Å². The summed E-state index contributed by atoms with van der Waals surface area (Å²) in [4.78, 5) is 0. The van der Waals surface area contributed by atoms with Gasteiger partial charge in [-0.3, -0.25) is 0 Å². The fourth-order valence-corrected chi connectivity index (χ4v) is 3.01. The van der Waals surface area contributed by atoms with Crippen molar-refractivity contribution >= 4 is 5.84 Å². The Hall–Kier alpha value is -3.47. The van der Waals surface area contributed by atoms with E-state index in [9.17, 15) is 10.3 Å². The number of aromatic hydroxyl groups is 1. The molecule has 0 aliphatic carbocycles. The molecule has 0 heterocycles. The molecule has 0 fully saturated rings. The Morgan fingerprint density at radius 1 is 1.00 bits per heavy atom. The van der Waals surface area contributed by atoms with E-state index in [0.29, 0.717) is 11.3 Å². The van der Waals surface area contributed by atoms with Crippen molar-refractivity contribution in [2.75, 3.05) is 7.11 Å². The zero-order chi connectivity index (χ0) is 18.7. The lowest BCUT2D eigenvalue weighted by Crippen LogP contribution is -2.15. The first kappa shape index (κ1) is 17.4. The predicted octanol–water partition coefficient (Wildman–Crippen LogP) is 4.14. The highest BCUT2D eigenvalue weighted by molar-refractivity contribution is 6.07. The summed E-state index contributed by atoms with van der Waals surface area (Å²) in [5.74, 6) is 0.897. The first-order valence-corrected chi connectivity index (χ1v) is 8.10. The van der Waals surface area contributed by atoms with Crippen LogP contribution < -0.4 is 10.5 Å². The van der Waals surface area contributed by atoms with Crippen molar-refractivity contribution in [3.63, 3.8) is 0 Å². The van der Waals surface area contributed by atoms with E-state index in [0.717, 1.165) is 27.8 Å². The van der Waals surface area contributed by atoms with Gasteiger partial charge in [-0.05, 0) is 42.3 Å². The van der Waals surface area contributed by atoms with E-state index in [1.54, 1.807) is 25.3 Å². The molecule has 0 unspecified atom stereocenters. The van der Waals surface area contributed by atoms with Gasteiger partial charge in [-0.15, -0.1) is 0 Å². The molecule has 0 amide bonds. The van der Waals surface area contributed by atoms with Gasteiger partial charge in [0.05, 0.1) is 7.11 Å².